The van der Waals surface area contributed by atoms with Gasteiger partial charge >= 0.3 is 6.09 Å². The second-order valence-electron chi connectivity index (χ2n) is 7.39. The smallest absolute Gasteiger partial charge is 0.410 e. The molecule has 2 aromatic rings. The van der Waals surface area contributed by atoms with Gasteiger partial charge in [0.15, 0.2) is 0 Å². The van der Waals surface area contributed by atoms with Crippen LogP contribution in [0.2, 0.25) is 0 Å². The molecule has 1 aromatic heterocycles. The zero-order valence-electron chi connectivity index (χ0n) is 14.8. The first-order valence-electron chi connectivity index (χ1n) is 8.44. The summed E-state index contributed by atoms with van der Waals surface area (Å²) < 4.78 is 8.42. The minimum absolute atomic E-state index is 0.235. The summed E-state index contributed by atoms with van der Waals surface area (Å²) in [6.45, 7) is 7.82. The first-order valence-corrected chi connectivity index (χ1v) is 9.23. The number of nitrogens with zero attached hydrogens (tertiary/aromatic N) is 4. The lowest BCUT2D eigenvalue weighted by Crippen LogP contribution is -2.35. The number of aromatic nitrogens is 3. The molecule has 2 heterocycles. The van der Waals surface area contributed by atoms with Crippen LogP contribution >= 0.6 is 15.9 Å². The van der Waals surface area contributed by atoms with Gasteiger partial charge in [-0.3, -0.25) is 0 Å². The van der Waals surface area contributed by atoms with Crippen LogP contribution < -0.4 is 0 Å². The molecule has 6 nitrogen and oxygen atoms in total. The Kier molecular flexibility index (Phi) is 5.13. The van der Waals surface area contributed by atoms with E-state index in [9.17, 15) is 4.79 Å². The fraction of sp³-hybridized carbons (Fsp3) is 0.500. The maximum Gasteiger partial charge on any atom is 0.410 e. The summed E-state index contributed by atoms with van der Waals surface area (Å²) in [4.78, 5) is 14.0. The molecule has 25 heavy (non-hydrogen) atoms. The largest absolute Gasteiger partial charge is 0.444 e. The van der Waals surface area contributed by atoms with Crippen molar-refractivity contribution in [3.8, 4) is 11.3 Å². The topological polar surface area (TPSA) is 60.2 Å². The Morgan fingerprint density at radius 2 is 2.04 bits per heavy atom. The van der Waals surface area contributed by atoms with Crippen LogP contribution in [0.4, 0.5) is 4.79 Å². The molecule has 1 aliphatic rings. The normalized spacial score (nSPS) is 17.8. The van der Waals surface area contributed by atoms with E-state index in [-0.39, 0.29) is 6.09 Å². The number of carbonyl (C=O) groups is 1. The Morgan fingerprint density at radius 1 is 1.32 bits per heavy atom. The van der Waals surface area contributed by atoms with Gasteiger partial charge in [0.05, 0.1) is 11.9 Å². The Balaban J connectivity index is 1.64. The van der Waals surface area contributed by atoms with E-state index in [1.165, 1.54) is 0 Å². The molecule has 1 aromatic carbocycles. The van der Waals surface area contributed by atoms with Crippen LogP contribution in [0.25, 0.3) is 11.3 Å². The van der Waals surface area contributed by atoms with Crippen molar-refractivity contribution in [3.05, 3.63) is 34.9 Å². The second-order valence-corrected chi connectivity index (χ2v) is 8.30. The molecule has 1 fully saturated rings. The van der Waals surface area contributed by atoms with Crippen molar-refractivity contribution in [2.75, 3.05) is 13.1 Å². The van der Waals surface area contributed by atoms with E-state index in [4.69, 9.17) is 4.74 Å². The summed E-state index contributed by atoms with van der Waals surface area (Å²) in [5.41, 5.74) is 1.61. The molecule has 1 atom stereocenters. The van der Waals surface area contributed by atoms with Crippen molar-refractivity contribution in [3.63, 3.8) is 0 Å². The van der Waals surface area contributed by atoms with Gasteiger partial charge in [-0.2, -0.15) is 0 Å². The van der Waals surface area contributed by atoms with E-state index >= 15 is 0 Å². The van der Waals surface area contributed by atoms with E-state index < -0.39 is 5.60 Å². The highest BCUT2D eigenvalue weighted by molar-refractivity contribution is 9.10. The van der Waals surface area contributed by atoms with Gasteiger partial charge in [0.25, 0.3) is 0 Å². The first-order chi connectivity index (χ1) is 11.8. The fourth-order valence-corrected chi connectivity index (χ4v) is 3.22. The van der Waals surface area contributed by atoms with Crippen molar-refractivity contribution in [1.29, 1.82) is 0 Å². The van der Waals surface area contributed by atoms with Crippen molar-refractivity contribution in [1.82, 2.24) is 19.9 Å². The summed E-state index contributed by atoms with van der Waals surface area (Å²) in [7, 11) is 0. The number of rotatable bonds is 3. The molecule has 1 saturated heterocycles. The Labute approximate surface area is 156 Å². The van der Waals surface area contributed by atoms with E-state index in [0.29, 0.717) is 12.5 Å². The van der Waals surface area contributed by atoms with Crippen molar-refractivity contribution < 1.29 is 9.53 Å². The third kappa shape index (κ3) is 4.60. The average molecular weight is 407 g/mol. The summed E-state index contributed by atoms with van der Waals surface area (Å²) in [6.07, 6.45) is 2.49. The van der Waals surface area contributed by atoms with Crippen LogP contribution in [0.5, 0.6) is 0 Å². The monoisotopic (exact) mass is 406 g/mol. The maximum absolute atomic E-state index is 12.2. The van der Waals surface area contributed by atoms with Gasteiger partial charge in [0.2, 0.25) is 0 Å². The summed E-state index contributed by atoms with van der Waals surface area (Å²) in [5.74, 6) is 0.350. The molecule has 0 N–H and O–H groups in total. The summed E-state index contributed by atoms with van der Waals surface area (Å²) in [6, 6.07) is 8.10. The molecule has 0 spiro atoms. The second kappa shape index (κ2) is 7.15. The minimum Gasteiger partial charge on any atom is -0.444 e. The molecular formula is C18H23BrN4O2. The van der Waals surface area contributed by atoms with Gasteiger partial charge in [-0.1, -0.05) is 33.3 Å². The van der Waals surface area contributed by atoms with Crippen molar-refractivity contribution in [2.24, 2.45) is 5.92 Å². The number of amides is 1. The van der Waals surface area contributed by atoms with Gasteiger partial charge < -0.3 is 9.64 Å². The first kappa shape index (κ1) is 17.9. The highest BCUT2D eigenvalue weighted by atomic mass is 79.9. The number of benzene rings is 1. The molecule has 0 radical (unpaired) electrons. The van der Waals surface area contributed by atoms with E-state index in [0.717, 1.165) is 35.2 Å². The molecular weight excluding hydrogens is 384 g/mol. The third-order valence-electron chi connectivity index (χ3n) is 4.13. The summed E-state index contributed by atoms with van der Waals surface area (Å²) >= 11 is 3.45. The van der Waals surface area contributed by atoms with Crippen molar-refractivity contribution >= 4 is 22.0 Å². The molecule has 0 saturated carbocycles. The highest BCUT2D eigenvalue weighted by Crippen LogP contribution is 2.25. The predicted octanol–water partition coefficient (Wildman–Crippen LogP) is 3.96. The minimum atomic E-state index is -0.462. The lowest BCUT2D eigenvalue weighted by atomic mass is 10.1. The van der Waals surface area contributed by atoms with Crippen LogP contribution in [0, 0.1) is 5.92 Å². The zero-order valence-corrected chi connectivity index (χ0v) is 16.4. The van der Waals surface area contributed by atoms with Gasteiger partial charge in [-0.25, -0.2) is 9.48 Å². The third-order valence-corrected chi connectivity index (χ3v) is 4.66. The Hall–Kier alpha value is -1.89. The molecule has 1 aliphatic heterocycles. The number of hydrogen-bond acceptors (Lipinski definition) is 4. The predicted molar refractivity (Wildman–Crippen MR) is 99.1 cm³/mol. The lowest BCUT2D eigenvalue weighted by molar-refractivity contribution is 0.0287. The standard InChI is InChI=1S/C18H23BrN4O2/c1-18(2,3)25-17(24)22-9-8-13(11-22)12-23-16(10-20-21-23)14-4-6-15(19)7-5-14/h4-7,10,13H,8-9,11-12H2,1-3H3/t13-/m1/s1. The lowest BCUT2D eigenvalue weighted by Gasteiger charge is -2.24. The Bertz CT molecular complexity index is 736. The molecule has 0 aliphatic carbocycles. The van der Waals surface area contributed by atoms with Crippen LogP contribution in [0.15, 0.2) is 34.9 Å². The van der Waals surface area contributed by atoms with Crippen LogP contribution in [-0.4, -0.2) is 44.7 Å². The molecule has 3 rings (SSSR count). The fourth-order valence-electron chi connectivity index (χ4n) is 2.96. The van der Waals surface area contributed by atoms with Crippen molar-refractivity contribution in [2.45, 2.75) is 39.3 Å². The summed E-state index contributed by atoms with van der Waals surface area (Å²) in [5, 5.41) is 8.29. The van der Waals surface area contributed by atoms with E-state index in [1.54, 1.807) is 11.1 Å². The van der Waals surface area contributed by atoms with Crippen LogP contribution in [0.1, 0.15) is 27.2 Å². The molecule has 0 bridgehead atoms. The van der Waals surface area contributed by atoms with Crippen LogP contribution in [0.3, 0.4) is 0 Å². The van der Waals surface area contributed by atoms with Gasteiger partial charge in [0.1, 0.15) is 5.60 Å². The highest BCUT2D eigenvalue weighted by Gasteiger charge is 2.30. The van der Waals surface area contributed by atoms with Gasteiger partial charge in [-0.05, 0) is 45.2 Å². The number of ether oxygens (including phenoxy) is 1. The quantitative estimate of drug-likeness (QED) is 0.773. The molecule has 134 valence electrons. The number of hydrogen-bond donors (Lipinski definition) is 0. The zero-order chi connectivity index (χ0) is 18.0. The SMILES string of the molecule is CC(C)(C)OC(=O)N1CC[C@@H](Cn2nncc2-c2ccc(Br)cc2)C1. The number of halogens is 1. The van der Waals surface area contributed by atoms with E-state index in [1.807, 2.05) is 49.7 Å². The Morgan fingerprint density at radius 3 is 2.72 bits per heavy atom. The van der Waals surface area contributed by atoms with Gasteiger partial charge in [-0.15, -0.1) is 5.10 Å². The number of carbonyl (C=O) groups excluding carboxylic acids is 1. The maximum atomic E-state index is 12.2. The molecule has 7 heteroatoms. The molecule has 1 amide bonds. The molecule has 0 unspecified atom stereocenters. The van der Waals surface area contributed by atoms with Crippen LogP contribution in [-0.2, 0) is 11.3 Å². The number of likely N-dealkylation sites (tertiary alicyclic amines) is 1. The van der Waals surface area contributed by atoms with E-state index in [2.05, 4.69) is 26.2 Å². The van der Waals surface area contributed by atoms with Gasteiger partial charge in [0, 0.05) is 29.7 Å². The average Bonchev–Trinajstić information content (AvgIpc) is 3.16.